The molecule has 0 bridgehead atoms. The molecule has 0 atom stereocenters. The van der Waals surface area contributed by atoms with Gasteiger partial charge in [0.05, 0.1) is 6.42 Å². The molecular formula is C17H17BrFN3O. The van der Waals surface area contributed by atoms with Gasteiger partial charge < -0.3 is 9.80 Å². The molecule has 3 rings (SSSR count). The van der Waals surface area contributed by atoms with E-state index in [4.69, 9.17) is 0 Å². The van der Waals surface area contributed by atoms with Gasteiger partial charge in [0.25, 0.3) is 0 Å². The maximum atomic E-state index is 13.2. The van der Waals surface area contributed by atoms with E-state index in [-0.39, 0.29) is 18.1 Å². The Bertz CT molecular complexity index is 684. The molecule has 0 radical (unpaired) electrons. The van der Waals surface area contributed by atoms with Crippen LogP contribution in [-0.2, 0) is 11.2 Å². The Morgan fingerprint density at radius 3 is 2.61 bits per heavy atom. The summed E-state index contributed by atoms with van der Waals surface area (Å²) in [6, 6.07) is 10.1. The van der Waals surface area contributed by atoms with Gasteiger partial charge in [-0.1, -0.05) is 12.1 Å². The van der Waals surface area contributed by atoms with Crippen LogP contribution in [-0.4, -0.2) is 42.0 Å². The molecule has 2 heterocycles. The Morgan fingerprint density at radius 1 is 1.17 bits per heavy atom. The first-order chi connectivity index (χ1) is 11.1. The van der Waals surface area contributed by atoms with Gasteiger partial charge >= 0.3 is 0 Å². The Hall–Kier alpha value is -1.95. The predicted molar refractivity (Wildman–Crippen MR) is 90.8 cm³/mol. The Kier molecular flexibility index (Phi) is 4.91. The molecule has 0 unspecified atom stereocenters. The molecule has 4 nitrogen and oxygen atoms in total. The Balaban J connectivity index is 1.56. The van der Waals surface area contributed by atoms with Crippen LogP contribution < -0.4 is 4.90 Å². The summed E-state index contributed by atoms with van der Waals surface area (Å²) >= 11 is 3.37. The smallest absolute Gasteiger partial charge is 0.227 e. The van der Waals surface area contributed by atoms with Crippen molar-refractivity contribution >= 4 is 27.7 Å². The average molecular weight is 378 g/mol. The first-order valence-electron chi connectivity index (χ1n) is 7.50. The summed E-state index contributed by atoms with van der Waals surface area (Å²) in [6.07, 6.45) is 2.02. The number of anilines is 1. The van der Waals surface area contributed by atoms with Crippen LogP contribution >= 0.6 is 15.9 Å². The van der Waals surface area contributed by atoms with Gasteiger partial charge in [-0.3, -0.25) is 4.79 Å². The van der Waals surface area contributed by atoms with Crippen molar-refractivity contribution in [3.05, 3.63) is 58.4 Å². The Labute approximate surface area is 143 Å². The van der Waals surface area contributed by atoms with Gasteiger partial charge in [-0.15, -0.1) is 0 Å². The highest BCUT2D eigenvalue weighted by molar-refractivity contribution is 9.10. The lowest BCUT2D eigenvalue weighted by molar-refractivity contribution is -0.130. The third kappa shape index (κ3) is 4.07. The van der Waals surface area contributed by atoms with Crippen LogP contribution in [0.5, 0.6) is 0 Å². The van der Waals surface area contributed by atoms with E-state index in [0.717, 1.165) is 23.4 Å². The van der Waals surface area contributed by atoms with Crippen LogP contribution in [0.4, 0.5) is 10.2 Å². The molecule has 0 spiro atoms. The van der Waals surface area contributed by atoms with Gasteiger partial charge in [0.1, 0.15) is 11.6 Å². The molecule has 1 saturated heterocycles. The first kappa shape index (κ1) is 15.9. The number of carbonyl (C=O) groups is 1. The van der Waals surface area contributed by atoms with Gasteiger partial charge in [-0.05, 0) is 45.8 Å². The van der Waals surface area contributed by atoms with Gasteiger partial charge in [0.2, 0.25) is 5.91 Å². The summed E-state index contributed by atoms with van der Waals surface area (Å²) in [4.78, 5) is 20.7. The predicted octanol–water partition coefficient (Wildman–Crippen LogP) is 2.87. The number of piperazine rings is 1. The molecule has 0 saturated carbocycles. The van der Waals surface area contributed by atoms with Crippen molar-refractivity contribution in [3.63, 3.8) is 0 Å². The molecule has 6 heteroatoms. The van der Waals surface area contributed by atoms with Gasteiger partial charge in [0.15, 0.2) is 0 Å². The van der Waals surface area contributed by atoms with Crippen molar-refractivity contribution in [2.45, 2.75) is 6.42 Å². The van der Waals surface area contributed by atoms with Crippen molar-refractivity contribution in [3.8, 4) is 0 Å². The van der Waals surface area contributed by atoms with Crippen LogP contribution in [0.3, 0.4) is 0 Å². The summed E-state index contributed by atoms with van der Waals surface area (Å²) in [5.74, 6) is 0.658. The van der Waals surface area contributed by atoms with Crippen molar-refractivity contribution in [2.75, 3.05) is 31.1 Å². The standard InChI is InChI=1S/C17H17BrFN3O/c18-14-4-5-16(20-12-14)21-6-8-22(9-7-21)17(23)11-13-2-1-3-15(19)10-13/h1-5,10,12H,6-9,11H2. The molecule has 1 aliphatic rings. The zero-order chi connectivity index (χ0) is 16.2. The number of halogens is 2. The topological polar surface area (TPSA) is 36.4 Å². The minimum atomic E-state index is -0.304. The van der Waals surface area contributed by atoms with Gasteiger partial charge in [-0.25, -0.2) is 9.37 Å². The van der Waals surface area contributed by atoms with E-state index in [1.165, 1.54) is 12.1 Å². The maximum absolute atomic E-state index is 13.2. The molecular weight excluding hydrogens is 361 g/mol. The molecule has 2 aromatic rings. The number of rotatable bonds is 3. The van der Waals surface area contributed by atoms with Crippen molar-refractivity contribution in [2.24, 2.45) is 0 Å². The SMILES string of the molecule is O=C(Cc1cccc(F)c1)N1CCN(c2ccc(Br)cn2)CC1. The summed E-state index contributed by atoms with van der Waals surface area (Å²) in [6.45, 7) is 2.82. The lowest BCUT2D eigenvalue weighted by Gasteiger charge is -2.35. The molecule has 120 valence electrons. The normalized spacial score (nSPS) is 14.9. The number of carbonyl (C=O) groups excluding carboxylic acids is 1. The van der Waals surface area contributed by atoms with Crippen molar-refractivity contribution < 1.29 is 9.18 Å². The number of amides is 1. The lowest BCUT2D eigenvalue weighted by Crippen LogP contribution is -2.49. The van der Waals surface area contributed by atoms with Crippen molar-refractivity contribution in [1.29, 1.82) is 0 Å². The highest BCUT2D eigenvalue weighted by Gasteiger charge is 2.21. The molecule has 23 heavy (non-hydrogen) atoms. The minimum Gasteiger partial charge on any atom is -0.353 e. The number of nitrogens with zero attached hydrogens (tertiary/aromatic N) is 3. The molecule has 1 aromatic heterocycles. The molecule has 1 amide bonds. The quantitative estimate of drug-likeness (QED) is 0.824. The van der Waals surface area contributed by atoms with E-state index >= 15 is 0 Å². The van der Waals surface area contributed by atoms with Gasteiger partial charge in [-0.2, -0.15) is 0 Å². The second-order valence-corrected chi connectivity index (χ2v) is 6.42. The lowest BCUT2D eigenvalue weighted by atomic mass is 10.1. The molecule has 1 aliphatic heterocycles. The second-order valence-electron chi connectivity index (χ2n) is 5.51. The fourth-order valence-corrected chi connectivity index (χ4v) is 2.91. The largest absolute Gasteiger partial charge is 0.353 e. The highest BCUT2D eigenvalue weighted by atomic mass is 79.9. The van der Waals surface area contributed by atoms with E-state index in [9.17, 15) is 9.18 Å². The van der Waals surface area contributed by atoms with E-state index in [1.807, 2.05) is 17.0 Å². The maximum Gasteiger partial charge on any atom is 0.227 e. The molecule has 1 aromatic carbocycles. The highest BCUT2D eigenvalue weighted by Crippen LogP contribution is 2.17. The van der Waals surface area contributed by atoms with E-state index in [2.05, 4.69) is 25.8 Å². The summed E-state index contributed by atoms with van der Waals surface area (Å²) in [5.41, 5.74) is 0.715. The van der Waals surface area contributed by atoms with Crippen LogP contribution in [0.1, 0.15) is 5.56 Å². The zero-order valence-electron chi connectivity index (χ0n) is 12.6. The van der Waals surface area contributed by atoms with E-state index in [0.29, 0.717) is 18.7 Å². The van der Waals surface area contributed by atoms with Crippen LogP contribution in [0, 0.1) is 5.82 Å². The van der Waals surface area contributed by atoms with E-state index < -0.39 is 0 Å². The number of pyridine rings is 1. The average Bonchev–Trinajstić information content (AvgIpc) is 2.56. The fraction of sp³-hybridized carbons (Fsp3) is 0.294. The second kappa shape index (κ2) is 7.08. The molecule has 0 N–H and O–H groups in total. The molecule has 1 fully saturated rings. The first-order valence-corrected chi connectivity index (χ1v) is 8.30. The monoisotopic (exact) mass is 377 g/mol. The minimum absolute atomic E-state index is 0.0408. The molecule has 0 aliphatic carbocycles. The number of hydrogen-bond acceptors (Lipinski definition) is 3. The third-order valence-electron chi connectivity index (χ3n) is 3.91. The fourth-order valence-electron chi connectivity index (χ4n) is 2.67. The van der Waals surface area contributed by atoms with E-state index in [1.54, 1.807) is 18.3 Å². The van der Waals surface area contributed by atoms with Crippen molar-refractivity contribution in [1.82, 2.24) is 9.88 Å². The Morgan fingerprint density at radius 2 is 1.96 bits per heavy atom. The van der Waals surface area contributed by atoms with Crippen LogP contribution in [0.15, 0.2) is 47.1 Å². The van der Waals surface area contributed by atoms with Gasteiger partial charge in [0, 0.05) is 36.8 Å². The number of benzene rings is 1. The number of aromatic nitrogens is 1. The third-order valence-corrected chi connectivity index (χ3v) is 4.38. The summed E-state index contributed by atoms with van der Waals surface area (Å²) < 4.78 is 14.1. The zero-order valence-corrected chi connectivity index (χ0v) is 14.2. The van der Waals surface area contributed by atoms with Crippen LogP contribution in [0.2, 0.25) is 0 Å². The number of hydrogen-bond donors (Lipinski definition) is 0. The summed E-state index contributed by atoms with van der Waals surface area (Å²) in [5, 5.41) is 0. The van der Waals surface area contributed by atoms with Crippen LogP contribution in [0.25, 0.3) is 0 Å². The summed E-state index contributed by atoms with van der Waals surface area (Å²) in [7, 11) is 0.